The van der Waals surface area contributed by atoms with Crippen LogP contribution < -0.4 is 10.6 Å². The van der Waals surface area contributed by atoms with Crippen molar-refractivity contribution in [2.75, 3.05) is 11.9 Å². The number of rotatable bonds is 5. The van der Waals surface area contributed by atoms with Crippen molar-refractivity contribution in [3.05, 3.63) is 29.3 Å². The summed E-state index contributed by atoms with van der Waals surface area (Å²) in [5.74, 6) is 0. The summed E-state index contributed by atoms with van der Waals surface area (Å²) < 4.78 is 2.00. The zero-order valence-electron chi connectivity index (χ0n) is 12.5. The van der Waals surface area contributed by atoms with Crippen molar-refractivity contribution in [2.45, 2.75) is 45.1 Å². The highest BCUT2D eigenvalue weighted by Crippen LogP contribution is 2.28. The molecule has 0 saturated heterocycles. The third kappa shape index (κ3) is 4.07. The first-order chi connectivity index (χ1) is 10.8. The molecule has 1 aliphatic carbocycles. The lowest BCUT2D eigenvalue weighted by Gasteiger charge is -2.05. The van der Waals surface area contributed by atoms with E-state index >= 15 is 0 Å². The minimum atomic E-state index is -0.172. The number of thiazole rings is 1. The number of aryl methyl sites for hydroxylation is 3. The monoisotopic (exact) mass is 319 g/mol. The van der Waals surface area contributed by atoms with E-state index in [1.807, 2.05) is 10.8 Å². The normalized spacial score (nSPS) is 14.2. The number of fused-ring (bicyclic) bond motifs is 1. The molecule has 3 rings (SSSR count). The number of anilines is 1. The first kappa shape index (κ1) is 15.0. The van der Waals surface area contributed by atoms with Crippen molar-refractivity contribution >= 4 is 22.5 Å². The molecule has 0 saturated carbocycles. The first-order valence-electron chi connectivity index (χ1n) is 7.80. The fourth-order valence-electron chi connectivity index (χ4n) is 2.61. The number of hydrogen-bond acceptors (Lipinski definition) is 4. The standard InChI is InChI=1S/C15H21N5OS/c21-14(17-7-4-9-20-10-8-16-11-20)19-15-18-12-5-2-1-3-6-13(12)22-15/h8,10-11H,1-7,9H2,(H2,17,18,19,21). The van der Waals surface area contributed by atoms with E-state index in [0.717, 1.165) is 30.9 Å². The highest BCUT2D eigenvalue weighted by molar-refractivity contribution is 7.15. The summed E-state index contributed by atoms with van der Waals surface area (Å²) in [7, 11) is 0. The second-order valence-electron chi connectivity index (χ2n) is 5.48. The Morgan fingerprint density at radius 1 is 1.32 bits per heavy atom. The molecule has 2 N–H and O–H groups in total. The molecule has 22 heavy (non-hydrogen) atoms. The van der Waals surface area contributed by atoms with E-state index in [9.17, 15) is 4.79 Å². The third-order valence-corrected chi connectivity index (χ3v) is 4.83. The van der Waals surface area contributed by atoms with Crippen LogP contribution in [0.3, 0.4) is 0 Å². The number of hydrogen-bond donors (Lipinski definition) is 2. The van der Waals surface area contributed by atoms with Gasteiger partial charge in [0, 0.05) is 30.4 Å². The van der Waals surface area contributed by atoms with Gasteiger partial charge in [0.15, 0.2) is 5.13 Å². The number of aromatic nitrogens is 3. The number of nitrogens with zero attached hydrogens (tertiary/aromatic N) is 3. The maximum Gasteiger partial charge on any atom is 0.321 e. The molecule has 0 atom stereocenters. The molecule has 0 spiro atoms. The Kier molecular flexibility index (Phi) is 5.05. The number of amides is 2. The van der Waals surface area contributed by atoms with Crippen molar-refractivity contribution in [1.82, 2.24) is 19.9 Å². The molecule has 118 valence electrons. The fraction of sp³-hybridized carbons (Fsp3) is 0.533. The van der Waals surface area contributed by atoms with Crippen molar-refractivity contribution in [2.24, 2.45) is 0 Å². The van der Waals surface area contributed by atoms with Crippen LogP contribution in [0.15, 0.2) is 18.7 Å². The van der Waals surface area contributed by atoms with Crippen LogP contribution in [-0.2, 0) is 19.4 Å². The van der Waals surface area contributed by atoms with E-state index in [1.54, 1.807) is 23.9 Å². The minimum absolute atomic E-state index is 0.172. The summed E-state index contributed by atoms with van der Waals surface area (Å²) in [5.41, 5.74) is 1.18. The number of carbonyl (C=O) groups excluding carboxylic acids is 1. The molecule has 0 unspecified atom stereocenters. The van der Waals surface area contributed by atoms with Crippen LogP contribution in [0.1, 0.15) is 36.3 Å². The van der Waals surface area contributed by atoms with Crippen molar-refractivity contribution in [3.63, 3.8) is 0 Å². The maximum absolute atomic E-state index is 11.9. The van der Waals surface area contributed by atoms with Crippen LogP contribution in [0.5, 0.6) is 0 Å². The number of urea groups is 1. The number of nitrogens with one attached hydrogen (secondary N) is 2. The van der Waals surface area contributed by atoms with Gasteiger partial charge in [-0.1, -0.05) is 6.42 Å². The van der Waals surface area contributed by atoms with E-state index in [2.05, 4.69) is 20.6 Å². The minimum Gasteiger partial charge on any atom is -0.338 e. The molecule has 2 aromatic rings. The Balaban J connectivity index is 1.41. The van der Waals surface area contributed by atoms with Crippen LogP contribution in [-0.4, -0.2) is 27.1 Å². The predicted octanol–water partition coefficient (Wildman–Crippen LogP) is 2.82. The Morgan fingerprint density at radius 3 is 3.09 bits per heavy atom. The van der Waals surface area contributed by atoms with Gasteiger partial charge in [0.2, 0.25) is 0 Å². The average Bonchev–Trinajstić information content (AvgIpc) is 3.09. The molecule has 0 bridgehead atoms. The van der Waals surface area contributed by atoms with Gasteiger partial charge in [-0.05, 0) is 32.1 Å². The van der Waals surface area contributed by atoms with Gasteiger partial charge in [-0.15, -0.1) is 11.3 Å². The molecule has 0 radical (unpaired) electrons. The summed E-state index contributed by atoms with van der Waals surface area (Å²) in [6.45, 7) is 1.49. The number of carbonyl (C=O) groups is 1. The van der Waals surface area contributed by atoms with E-state index in [1.165, 1.54) is 29.8 Å². The van der Waals surface area contributed by atoms with E-state index in [-0.39, 0.29) is 6.03 Å². The average molecular weight is 319 g/mol. The molecule has 2 aromatic heterocycles. The Morgan fingerprint density at radius 2 is 2.23 bits per heavy atom. The lowest BCUT2D eigenvalue weighted by Crippen LogP contribution is -2.30. The molecule has 0 aromatic carbocycles. The largest absolute Gasteiger partial charge is 0.338 e. The zero-order chi connectivity index (χ0) is 15.2. The Labute approximate surface area is 134 Å². The van der Waals surface area contributed by atoms with Crippen molar-refractivity contribution in [1.29, 1.82) is 0 Å². The van der Waals surface area contributed by atoms with E-state index < -0.39 is 0 Å². The molecule has 0 aliphatic heterocycles. The third-order valence-electron chi connectivity index (χ3n) is 3.75. The van der Waals surface area contributed by atoms with Crippen LogP contribution in [0, 0.1) is 0 Å². The van der Waals surface area contributed by atoms with Gasteiger partial charge >= 0.3 is 6.03 Å². The van der Waals surface area contributed by atoms with Gasteiger partial charge in [-0.25, -0.2) is 14.8 Å². The second-order valence-corrected chi connectivity index (χ2v) is 6.57. The van der Waals surface area contributed by atoms with E-state index in [0.29, 0.717) is 6.54 Å². The van der Waals surface area contributed by atoms with Gasteiger partial charge in [-0.2, -0.15) is 0 Å². The van der Waals surface area contributed by atoms with Gasteiger partial charge in [-0.3, -0.25) is 5.32 Å². The molecule has 6 nitrogen and oxygen atoms in total. The quantitative estimate of drug-likeness (QED) is 0.657. The smallest absolute Gasteiger partial charge is 0.321 e. The summed E-state index contributed by atoms with van der Waals surface area (Å²) in [5, 5.41) is 6.44. The molecule has 2 heterocycles. The molecular formula is C15H21N5OS. The van der Waals surface area contributed by atoms with Crippen molar-refractivity contribution in [3.8, 4) is 0 Å². The van der Waals surface area contributed by atoms with Crippen LogP contribution in [0.2, 0.25) is 0 Å². The zero-order valence-corrected chi connectivity index (χ0v) is 13.4. The van der Waals surface area contributed by atoms with Gasteiger partial charge in [0.25, 0.3) is 0 Å². The summed E-state index contributed by atoms with van der Waals surface area (Å²) in [4.78, 5) is 21.8. The fourth-order valence-corrected chi connectivity index (χ4v) is 3.65. The highest BCUT2D eigenvalue weighted by atomic mass is 32.1. The molecule has 2 amide bonds. The Bertz CT molecular complexity index is 584. The second kappa shape index (κ2) is 7.40. The molecule has 1 aliphatic rings. The molecule has 7 heteroatoms. The van der Waals surface area contributed by atoms with Gasteiger partial charge in [0.05, 0.1) is 12.0 Å². The summed E-state index contributed by atoms with van der Waals surface area (Å²) in [6.07, 6.45) is 12.2. The summed E-state index contributed by atoms with van der Waals surface area (Å²) >= 11 is 1.62. The molecule has 0 fully saturated rings. The lowest BCUT2D eigenvalue weighted by atomic mass is 10.2. The molecular weight excluding hydrogens is 298 g/mol. The Hall–Kier alpha value is -1.89. The first-order valence-corrected chi connectivity index (χ1v) is 8.62. The SMILES string of the molecule is O=C(NCCCn1ccnc1)Nc1nc2c(s1)CCCCC2. The van der Waals surface area contributed by atoms with Crippen LogP contribution in [0.4, 0.5) is 9.93 Å². The summed E-state index contributed by atoms with van der Waals surface area (Å²) in [6, 6.07) is -0.172. The topological polar surface area (TPSA) is 71.8 Å². The maximum atomic E-state index is 11.9. The lowest BCUT2D eigenvalue weighted by molar-refractivity contribution is 0.252. The predicted molar refractivity (Wildman–Crippen MR) is 87.2 cm³/mol. The highest BCUT2D eigenvalue weighted by Gasteiger charge is 2.15. The van der Waals surface area contributed by atoms with Gasteiger partial charge in [0.1, 0.15) is 0 Å². The van der Waals surface area contributed by atoms with Crippen LogP contribution >= 0.6 is 11.3 Å². The van der Waals surface area contributed by atoms with E-state index in [4.69, 9.17) is 0 Å². The van der Waals surface area contributed by atoms with Crippen molar-refractivity contribution < 1.29 is 4.79 Å². The van der Waals surface area contributed by atoms with Crippen LogP contribution in [0.25, 0.3) is 0 Å². The number of imidazole rings is 1. The van der Waals surface area contributed by atoms with Gasteiger partial charge < -0.3 is 9.88 Å².